The minimum absolute atomic E-state index is 0.0279. The zero-order valence-corrected chi connectivity index (χ0v) is 26.3. The maximum absolute atomic E-state index is 10.6. The average Bonchev–Trinajstić information content (AvgIpc) is 3.80. The number of pyridine rings is 2. The van der Waals surface area contributed by atoms with Crippen molar-refractivity contribution in [1.29, 1.82) is 0 Å². The second-order valence-corrected chi connectivity index (χ2v) is 9.82. The third kappa shape index (κ3) is 8.15. The first-order chi connectivity index (χ1) is 21.0. The van der Waals surface area contributed by atoms with Gasteiger partial charge in [0.25, 0.3) is 0 Å². The molecule has 0 saturated heterocycles. The molecule has 0 saturated carbocycles. The minimum atomic E-state index is -0.556. The predicted octanol–water partition coefficient (Wildman–Crippen LogP) is 6.01. The van der Waals surface area contributed by atoms with Crippen LogP contribution in [0.4, 0.5) is 23.3 Å². The molecule has 6 aromatic heterocycles. The smallest absolute Gasteiger partial charge is 0.326 e. The third-order valence-corrected chi connectivity index (χ3v) is 7.14. The number of halogens is 1. The summed E-state index contributed by atoms with van der Waals surface area (Å²) >= 11 is 5.79. The lowest BCUT2D eigenvalue weighted by Gasteiger charge is -1.93. The molecule has 0 spiro atoms. The second-order valence-electron chi connectivity index (χ2n) is 8.20. The summed E-state index contributed by atoms with van der Waals surface area (Å²) in [5.74, 6) is 1.11. The number of nitro groups is 2. The molecule has 6 heterocycles. The quantitative estimate of drug-likeness (QED) is 0.0638. The number of hydrogen-bond donors (Lipinski definition) is 3. The van der Waals surface area contributed by atoms with Gasteiger partial charge in [-0.2, -0.15) is 0 Å². The summed E-state index contributed by atoms with van der Waals surface area (Å²) < 4.78 is 6.37. The summed E-state index contributed by atoms with van der Waals surface area (Å²) in [5.41, 5.74) is 8.08. The lowest BCUT2D eigenvalue weighted by molar-refractivity contribution is -0.390. The molecule has 44 heavy (non-hydrogen) atoms. The van der Waals surface area contributed by atoms with E-state index >= 15 is 0 Å². The van der Waals surface area contributed by atoms with Crippen molar-refractivity contribution in [2.24, 2.45) is 4.74 Å². The fourth-order valence-electron chi connectivity index (χ4n) is 3.51. The molecule has 226 valence electrons. The van der Waals surface area contributed by atoms with Crippen molar-refractivity contribution in [3.63, 3.8) is 0 Å². The van der Waals surface area contributed by atoms with Crippen LogP contribution >= 0.6 is 39.4 Å². The van der Waals surface area contributed by atoms with Crippen molar-refractivity contribution >= 4 is 97.1 Å². The average molecular weight is 675 g/mol. The summed E-state index contributed by atoms with van der Waals surface area (Å²) in [5, 5.41) is 22.6. The molecule has 0 aliphatic heterocycles. The maximum Gasteiger partial charge on any atom is 0.326 e. The van der Waals surface area contributed by atoms with Gasteiger partial charge in [-0.3, -0.25) is 9.59 Å². The van der Waals surface area contributed by atoms with Crippen LogP contribution in [0.2, 0.25) is 5.15 Å². The summed E-state index contributed by atoms with van der Waals surface area (Å²) in [7, 11) is 7.40. The molecule has 0 aliphatic rings. The number of hydrogen-bond acceptors (Lipinski definition) is 10. The number of fused-ring (bicyclic) bond motifs is 2. The van der Waals surface area contributed by atoms with E-state index in [4.69, 9.17) is 17.3 Å². The van der Waals surface area contributed by atoms with Gasteiger partial charge in [-0.15, -0.1) is 0 Å². The van der Waals surface area contributed by atoms with Crippen molar-refractivity contribution in [3.05, 3.63) is 104 Å². The Hall–Kier alpha value is -4.87. The number of carbonyl (C=O) groups excluding carboxylic acids is 2. The lowest BCUT2D eigenvalue weighted by Crippen LogP contribution is -1.94. The van der Waals surface area contributed by atoms with E-state index in [9.17, 15) is 29.8 Å². The Bertz CT molecular complexity index is 1960. The number of nitrogens with one attached hydrogen (secondary N) is 2. The van der Waals surface area contributed by atoms with E-state index in [1.54, 1.807) is 36.7 Å². The van der Waals surface area contributed by atoms with Crippen molar-refractivity contribution in [2.45, 2.75) is 0 Å². The highest BCUT2D eigenvalue weighted by molar-refractivity contribution is 7.15. The van der Waals surface area contributed by atoms with Crippen LogP contribution in [-0.2, 0) is 0 Å². The molecule has 2 unspecified atom stereocenters. The minimum Gasteiger partial charge on any atom is -0.385 e. The van der Waals surface area contributed by atoms with Gasteiger partial charge in [0.05, 0.1) is 35.4 Å². The third-order valence-electron chi connectivity index (χ3n) is 5.52. The number of aldehydes is 2. The van der Waals surface area contributed by atoms with Crippen LogP contribution < -0.4 is 5.73 Å². The van der Waals surface area contributed by atoms with E-state index < -0.39 is 9.85 Å². The van der Waals surface area contributed by atoms with Gasteiger partial charge in [0.2, 0.25) is 0 Å². The standard InChI is InChI=1S/C7H5ClN3O2P.C7H7N4P.C5H5N2O3P.C5H5NO/c8-7-4-3-6(11(12)13)10(14)5(4)1-2-9-7;8-6-3-4-5(10-6)1-2-9-7(4)11-12;8-3-4-1-2-5(6(4)11)7(9)10;7-4-5-2-1-3-6-5/h1-3H,14H2;1-3,10,12H,8H2;1-3H,11H2;1-4,6H. The van der Waals surface area contributed by atoms with Gasteiger partial charge in [0.1, 0.15) is 16.5 Å². The second kappa shape index (κ2) is 15.6. The number of nitrogens with two attached hydrogens (primary N) is 1. The van der Waals surface area contributed by atoms with E-state index in [-0.39, 0.29) is 22.5 Å². The van der Waals surface area contributed by atoms with Crippen molar-refractivity contribution in [1.82, 2.24) is 28.6 Å². The topological polar surface area (TPSA) is 226 Å². The number of rotatable bonds is 5. The molecule has 0 amide bonds. The molecular formula is C24H22ClN10O6P3. The van der Waals surface area contributed by atoms with E-state index in [0.717, 1.165) is 21.5 Å². The Balaban J connectivity index is 0.000000164. The molecule has 4 N–H and O–H groups in total. The molecule has 20 heteroatoms. The Morgan fingerprint density at radius 2 is 1.66 bits per heavy atom. The number of carbonyl (C=O) groups is 2. The van der Waals surface area contributed by atoms with Crippen LogP contribution in [0.1, 0.15) is 21.0 Å². The Morgan fingerprint density at radius 3 is 2.16 bits per heavy atom. The van der Waals surface area contributed by atoms with Crippen LogP contribution in [0, 0.1) is 20.2 Å². The van der Waals surface area contributed by atoms with Crippen LogP contribution in [0.5, 0.6) is 0 Å². The van der Waals surface area contributed by atoms with Crippen LogP contribution in [-0.4, -0.2) is 51.0 Å². The maximum atomic E-state index is 10.6. The van der Waals surface area contributed by atoms with Crippen molar-refractivity contribution in [3.8, 4) is 0 Å². The monoisotopic (exact) mass is 674 g/mol. The molecular weight excluding hydrogens is 653 g/mol. The molecule has 0 aliphatic carbocycles. The van der Waals surface area contributed by atoms with Gasteiger partial charge in [0.15, 0.2) is 24.1 Å². The molecule has 0 fully saturated rings. The Morgan fingerprint density at radius 1 is 0.955 bits per heavy atom. The fourth-order valence-corrected chi connectivity index (χ4v) is 4.62. The van der Waals surface area contributed by atoms with Crippen molar-refractivity contribution in [2.75, 3.05) is 5.73 Å². The molecule has 0 aromatic carbocycles. The summed E-state index contributed by atoms with van der Waals surface area (Å²) in [6, 6.07) is 12.9. The van der Waals surface area contributed by atoms with E-state index in [0.29, 0.717) is 34.5 Å². The normalized spacial score (nSPS) is 9.98. The first-order valence-electron chi connectivity index (χ1n) is 11.8. The molecule has 2 atom stereocenters. The fraction of sp³-hybridized carbons (Fsp3) is 0. The molecule has 6 rings (SSSR count). The summed E-state index contributed by atoms with van der Waals surface area (Å²) in [4.78, 5) is 53.4. The number of nitrogen functional groups attached to an aromatic ring is 1. The SMILES string of the molecule is Nc1cc2c(N=P)nccc2[nH]1.O=Cc1ccc([N+](=O)[O-])n1P.O=Cc1ccc[nH]1.O=[N+]([O-])c1cc2c(Cl)nccc2n1P. The number of aromatic nitrogens is 6. The first kappa shape index (κ1) is 33.6. The van der Waals surface area contributed by atoms with Gasteiger partial charge >= 0.3 is 11.6 Å². The summed E-state index contributed by atoms with van der Waals surface area (Å²) in [6.07, 6.45) is 6.23. The molecule has 0 bridgehead atoms. The van der Waals surface area contributed by atoms with Gasteiger partial charge in [-0.05, 0) is 49.2 Å². The van der Waals surface area contributed by atoms with Gasteiger partial charge in [-0.25, -0.2) is 23.4 Å². The van der Waals surface area contributed by atoms with Crippen LogP contribution in [0.25, 0.3) is 21.8 Å². The Labute approximate surface area is 259 Å². The highest BCUT2D eigenvalue weighted by Crippen LogP contribution is 2.30. The molecule has 0 radical (unpaired) electrons. The number of nitrogens with zero attached hydrogens (tertiary/aromatic N) is 7. The first-order valence-corrected chi connectivity index (χ1v) is 13.7. The highest BCUT2D eigenvalue weighted by Gasteiger charge is 2.17. The Kier molecular flexibility index (Phi) is 11.9. The van der Waals surface area contributed by atoms with Gasteiger partial charge in [-0.1, -0.05) is 11.6 Å². The zero-order valence-electron chi connectivity index (χ0n) is 22.2. The predicted molar refractivity (Wildman–Crippen MR) is 175 cm³/mol. The van der Waals surface area contributed by atoms with E-state index in [1.807, 2.05) is 6.07 Å². The van der Waals surface area contributed by atoms with E-state index in [2.05, 4.69) is 52.5 Å². The summed E-state index contributed by atoms with van der Waals surface area (Å²) in [6.45, 7) is 0. The van der Waals surface area contributed by atoms with E-state index in [1.165, 1.54) is 28.7 Å². The van der Waals surface area contributed by atoms with Gasteiger partial charge in [0, 0.05) is 42.2 Å². The largest absolute Gasteiger partial charge is 0.385 e. The lowest BCUT2D eigenvalue weighted by atomic mass is 10.3. The zero-order chi connectivity index (χ0) is 32.4. The number of aromatic amines is 2. The van der Waals surface area contributed by atoms with Crippen molar-refractivity contribution < 1.29 is 19.4 Å². The molecule has 6 aromatic rings. The number of anilines is 1. The number of H-pyrrole nitrogens is 2. The van der Waals surface area contributed by atoms with Gasteiger partial charge < -0.3 is 35.9 Å². The molecule has 16 nitrogen and oxygen atoms in total. The highest BCUT2D eigenvalue weighted by atomic mass is 35.5. The van der Waals surface area contributed by atoms with Crippen LogP contribution in [0.3, 0.4) is 0 Å². The van der Waals surface area contributed by atoms with Crippen LogP contribution in [0.15, 0.2) is 71.9 Å².